The molecule has 3 aromatic rings. The molecule has 2 N–H and O–H groups in total. The predicted octanol–water partition coefficient (Wildman–Crippen LogP) is 2.93. The number of hydrogen-bond donors (Lipinski definition) is 2. The summed E-state index contributed by atoms with van der Waals surface area (Å²) < 4.78 is 1.97. The maximum absolute atomic E-state index is 4.60. The van der Waals surface area contributed by atoms with E-state index in [0.29, 0.717) is 6.54 Å². The Morgan fingerprint density at radius 3 is 2.95 bits per heavy atom. The summed E-state index contributed by atoms with van der Waals surface area (Å²) >= 11 is 1.65. The van der Waals surface area contributed by atoms with Crippen molar-refractivity contribution in [3.05, 3.63) is 34.7 Å². The second-order valence-corrected chi connectivity index (χ2v) is 5.83. The average Bonchev–Trinajstić information content (AvgIpc) is 3.11. The van der Waals surface area contributed by atoms with E-state index < -0.39 is 0 Å². The van der Waals surface area contributed by atoms with Gasteiger partial charge in [-0.05, 0) is 13.3 Å². The number of rotatable bonds is 6. The highest BCUT2D eigenvalue weighted by molar-refractivity contribution is 7.09. The number of fused-ring (bicyclic) bond motifs is 1. The zero-order valence-corrected chi connectivity index (χ0v) is 12.9. The van der Waals surface area contributed by atoms with E-state index in [4.69, 9.17) is 0 Å². The summed E-state index contributed by atoms with van der Waals surface area (Å²) in [6.07, 6.45) is 6.71. The summed E-state index contributed by atoms with van der Waals surface area (Å²) in [7, 11) is 0. The lowest BCUT2D eigenvalue weighted by atomic mass is 10.4. The Kier molecular flexibility index (Phi) is 4.01. The third-order valence-electron chi connectivity index (χ3n) is 3.03. The molecular weight excluding hydrogens is 284 g/mol. The van der Waals surface area contributed by atoms with Crippen molar-refractivity contribution in [1.82, 2.24) is 19.4 Å². The first-order valence-corrected chi connectivity index (χ1v) is 7.86. The molecule has 0 saturated carbocycles. The van der Waals surface area contributed by atoms with Gasteiger partial charge in [-0.2, -0.15) is 0 Å². The van der Waals surface area contributed by atoms with Gasteiger partial charge in [0.15, 0.2) is 11.5 Å². The van der Waals surface area contributed by atoms with Crippen molar-refractivity contribution in [1.29, 1.82) is 0 Å². The first kappa shape index (κ1) is 13.8. The smallest absolute Gasteiger partial charge is 0.180 e. The molecule has 0 aliphatic rings. The van der Waals surface area contributed by atoms with Gasteiger partial charge in [0.2, 0.25) is 0 Å². The molecule has 21 heavy (non-hydrogen) atoms. The maximum Gasteiger partial charge on any atom is 0.180 e. The number of aryl methyl sites for hydroxylation is 1. The molecule has 6 nitrogen and oxygen atoms in total. The summed E-state index contributed by atoms with van der Waals surface area (Å²) in [5.41, 5.74) is 1.85. The van der Waals surface area contributed by atoms with E-state index in [9.17, 15) is 0 Å². The second-order valence-electron chi connectivity index (χ2n) is 4.77. The van der Waals surface area contributed by atoms with E-state index in [1.165, 1.54) is 0 Å². The van der Waals surface area contributed by atoms with Crippen molar-refractivity contribution in [2.75, 3.05) is 17.2 Å². The van der Waals surface area contributed by atoms with E-state index in [1.807, 2.05) is 23.7 Å². The Balaban J connectivity index is 1.83. The van der Waals surface area contributed by atoms with Crippen molar-refractivity contribution in [2.24, 2.45) is 0 Å². The van der Waals surface area contributed by atoms with Crippen LogP contribution in [0.2, 0.25) is 0 Å². The van der Waals surface area contributed by atoms with Crippen LogP contribution >= 0.6 is 11.3 Å². The lowest BCUT2D eigenvalue weighted by Gasteiger charge is -2.10. The van der Waals surface area contributed by atoms with Gasteiger partial charge in [0, 0.05) is 24.3 Å². The zero-order chi connectivity index (χ0) is 14.7. The topological polar surface area (TPSA) is 67.1 Å². The molecule has 3 aromatic heterocycles. The molecule has 0 amide bonds. The molecule has 0 unspecified atom stereocenters. The van der Waals surface area contributed by atoms with E-state index in [0.717, 1.165) is 41.0 Å². The predicted molar refractivity (Wildman–Crippen MR) is 85.9 cm³/mol. The highest BCUT2D eigenvalue weighted by atomic mass is 32.1. The van der Waals surface area contributed by atoms with Crippen LogP contribution < -0.4 is 10.6 Å². The quantitative estimate of drug-likeness (QED) is 0.733. The fraction of sp³-hybridized carbons (Fsp3) is 0.357. The van der Waals surface area contributed by atoms with E-state index in [-0.39, 0.29) is 0 Å². The molecular formula is C14H18N6S. The lowest BCUT2D eigenvalue weighted by molar-refractivity contribution is 0.957. The Bertz CT molecular complexity index is 732. The molecule has 3 rings (SSSR count). The first-order valence-electron chi connectivity index (χ1n) is 6.98. The van der Waals surface area contributed by atoms with Crippen molar-refractivity contribution in [3.63, 3.8) is 0 Å². The van der Waals surface area contributed by atoms with Gasteiger partial charge in [0.25, 0.3) is 0 Å². The highest BCUT2D eigenvalue weighted by Crippen LogP contribution is 2.18. The number of hydrogen-bond acceptors (Lipinski definition) is 6. The van der Waals surface area contributed by atoms with E-state index >= 15 is 0 Å². The average molecular weight is 302 g/mol. The normalized spacial score (nSPS) is 11.0. The summed E-state index contributed by atoms with van der Waals surface area (Å²) in [5, 5.41) is 9.77. The number of imidazole rings is 1. The van der Waals surface area contributed by atoms with Gasteiger partial charge in [0.1, 0.15) is 5.82 Å². The van der Waals surface area contributed by atoms with Crippen LogP contribution in [0.4, 0.5) is 11.6 Å². The molecule has 0 aliphatic carbocycles. The lowest BCUT2D eigenvalue weighted by Crippen LogP contribution is -2.08. The molecule has 0 aliphatic heterocycles. The van der Waals surface area contributed by atoms with Gasteiger partial charge in [0.05, 0.1) is 23.4 Å². The standard InChI is InChI=1S/C14H18N6S/c1-3-4-15-12-8-20-6-5-16-14(20)13(19-12)17-7-11-9-21-10(2)18-11/h5-6,8-9,15H,3-4,7H2,1-2H3,(H,17,19). The zero-order valence-electron chi connectivity index (χ0n) is 12.1. The van der Waals surface area contributed by atoms with Gasteiger partial charge in [-0.25, -0.2) is 15.0 Å². The van der Waals surface area contributed by atoms with Gasteiger partial charge in [-0.1, -0.05) is 6.92 Å². The van der Waals surface area contributed by atoms with E-state index in [2.05, 4.69) is 37.9 Å². The molecule has 0 aromatic carbocycles. The summed E-state index contributed by atoms with van der Waals surface area (Å²) in [4.78, 5) is 13.4. The van der Waals surface area contributed by atoms with Crippen LogP contribution in [0.3, 0.4) is 0 Å². The number of thiazole rings is 1. The highest BCUT2D eigenvalue weighted by Gasteiger charge is 2.08. The minimum Gasteiger partial charge on any atom is -0.369 e. The Morgan fingerprint density at radius 1 is 1.29 bits per heavy atom. The third kappa shape index (κ3) is 3.13. The van der Waals surface area contributed by atoms with Crippen LogP contribution in [0.25, 0.3) is 5.65 Å². The summed E-state index contributed by atoms with van der Waals surface area (Å²) in [6.45, 7) is 5.69. The van der Waals surface area contributed by atoms with Crippen LogP contribution in [-0.2, 0) is 6.54 Å². The summed E-state index contributed by atoms with van der Waals surface area (Å²) in [5.74, 6) is 1.62. The van der Waals surface area contributed by atoms with Gasteiger partial charge in [-0.3, -0.25) is 0 Å². The Labute approximate surface area is 127 Å². The fourth-order valence-corrected chi connectivity index (χ4v) is 2.66. The number of nitrogens with zero attached hydrogens (tertiary/aromatic N) is 4. The van der Waals surface area contributed by atoms with Crippen LogP contribution in [0, 0.1) is 6.92 Å². The Morgan fingerprint density at radius 2 is 2.19 bits per heavy atom. The fourth-order valence-electron chi connectivity index (χ4n) is 2.05. The molecule has 110 valence electrons. The second kappa shape index (κ2) is 6.09. The number of aromatic nitrogens is 4. The minimum absolute atomic E-state index is 0.650. The van der Waals surface area contributed by atoms with E-state index in [1.54, 1.807) is 17.5 Å². The molecule has 0 bridgehead atoms. The molecule has 0 fully saturated rings. The number of nitrogens with one attached hydrogen (secondary N) is 2. The van der Waals surface area contributed by atoms with Gasteiger partial charge in [-0.15, -0.1) is 11.3 Å². The maximum atomic E-state index is 4.60. The molecule has 0 atom stereocenters. The van der Waals surface area contributed by atoms with Crippen LogP contribution in [-0.4, -0.2) is 25.9 Å². The SMILES string of the molecule is CCCNc1cn2ccnc2c(NCc2csc(C)n2)n1. The molecule has 0 radical (unpaired) electrons. The first-order chi connectivity index (χ1) is 10.3. The van der Waals surface area contributed by atoms with Gasteiger partial charge >= 0.3 is 0 Å². The van der Waals surface area contributed by atoms with Crippen LogP contribution in [0.1, 0.15) is 24.0 Å². The summed E-state index contributed by atoms with van der Waals surface area (Å²) in [6, 6.07) is 0. The van der Waals surface area contributed by atoms with Crippen molar-refractivity contribution in [2.45, 2.75) is 26.8 Å². The molecule has 7 heteroatoms. The minimum atomic E-state index is 0.650. The molecule has 3 heterocycles. The number of anilines is 2. The van der Waals surface area contributed by atoms with Gasteiger partial charge < -0.3 is 15.0 Å². The Hall–Kier alpha value is -2.15. The molecule has 0 saturated heterocycles. The van der Waals surface area contributed by atoms with Crippen LogP contribution in [0.5, 0.6) is 0 Å². The van der Waals surface area contributed by atoms with Crippen molar-refractivity contribution >= 4 is 28.6 Å². The van der Waals surface area contributed by atoms with Crippen LogP contribution in [0.15, 0.2) is 24.0 Å². The molecule has 0 spiro atoms. The monoisotopic (exact) mass is 302 g/mol. The van der Waals surface area contributed by atoms with Crippen molar-refractivity contribution < 1.29 is 0 Å². The third-order valence-corrected chi connectivity index (χ3v) is 3.86. The van der Waals surface area contributed by atoms with Crippen molar-refractivity contribution in [3.8, 4) is 0 Å². The largest absolute Gasteiger partial charge is 0.369 e.